The number of nitrogens with one attached hydrogen (secondary N) is 2. The van der Waals surface area contributed by atoms with Gasteiger partial charge < -0.3 is 16.4 Å². The second-order valence-corrected chi connectivity index (χ2v) is 5.46. The van der Waals surface area contributed by atoms with Gasteiger partial charge in [-0.15, -0.1) is 0 Å². The van der Waals surface area contributed by atoms with Gasteiger partial charge >= 0.3 is 0 Å². The van der Waals surface area contributed by atoms with Crippen LogP contribution in [-0.2, 0) is 4.79 Å². The van der Waals surface area contributed by atoms with Crippen molar-refractivity contribution in [1.82, 2.24) is 5.32 Å². The van der Waals surface area contributed by atoms with Gasteiger partial charge in [0.05, 0.1) is 0 Å². The van der Waals surface area contributed by atoms with E-state index in [2.05, 4.69) is 10.6 Å². The maximum Gasteiger partial charge on any atom is 0.242 e. The smallest absolute Gasteiger partial charge is 0.242 e. The molecule has 4 nitrogen and oxygen atoms in total. The lowest BCUT2D eigenvalue weighted by Gasteiger charge is -2.19. The van der Waals surface area contributed by atoms with Gasteiger partial charge in [0.1, 0.15) is 11.0 Å². The van der Waals surface area contributed by atoms with Crippen LogP contribution < -0.4 is 16.4 Å². The molecule has 0 aromatic heterocycles. The van der Waals surface area contributed by atoms with Crippen molar-refractivity contribution in [3.8, 4) is 0 Å². The highest BCUT2D eigenvalue weighted by molar-refractivity contribution is 7.80. The zero-order valence-corrected chi connectivity index (χ0v) is 12.7. The van der Waals surface area contributed by atoms with E-state index in [1.54, 1.807) is 25.1 Å². The van der Waals surface area contributed by atoms with Crippen LogP contribution in [0.2, 0.25) is 5.02 Å². The summed E-state index contributed by atoms with van der Waals surface area (Å²) < 4.78 is 0. The molecule has 0 aliphatic rings. The minimum Gasteiger partial charge on any atom is -0.389 e. The highest BCUT2D eigenvalue weighted by Crippen LogP contribution is 2.21. The normalized spacial score (nSPS) is 12.1. The summed E-state index contributed by atoms with van der Waals surface area (Å²) in [7, 11) is 0. The Hall–Kier alpha value is -1.33. The summed E-state index contributed by atoms with van der Waals surface area (Å²) in [6, 6.07) is 4.86. The summed E-state index contributed by atoms with van der Waals surface area (Å²) in [5.41, 5.74) is 6.98. The first-order chi connectivity index (χ1) is 8.81. The largest absolute Gasteiger partial charge is 0.389 e. The van der Waals surface area contributed by atoms with Gasteiger partial charge in [0.25, 0.3) is 0 Å². The summed E-state index contributed by atoms with van der Waals surface area (Å²) in [6.45, 7) is 5.59. The lowest BCUT2D eigenvalue weighted by molar-refractivity contribution is -0.122. The van der Waals surface area contributed by atoms with Crippen molar-refractivity contribution >= 4 is 40.4 Å². The number of nitrogens with two attached hydrogens (primary N) is 1. The molecule has 4 N–H and O–H groups in total. The van der Waals surface area contributed by atoms with E-state index < -0.39 is 6.04 Å². The van der Waals surface area contributed by atoms with Crippen LogP contribution in [0.15, 0.2) is 18.2 Å². The predicted octanol–water partition coefficient (Wildman–Crippen LogP) is 2.30. The van der Waals surface area contributed by atoms with Crippen molar-refractivity contribution in [1.29, 1.82) is 0 Å². The number of hydrogen-bond acceptors (Lipinski definition) is 3. The third-order valence-electron chi connectivity index (χ3n) is 2.44. The van der Waals surface area contributed by atoms with Crippen LogP contribution in [0.4, 0.5) is 5.69 Å². The van der Waals surface area contributed by atoms with Crippen LogP contribution in [0.25, 0.3) is 0 Å². The third kappa shape index (κ3) is 4.69. The van der Waals surface area contributed by atoms with Gasteiger partial charge in [0.2, 0.25) is 5.91 Å². The van der Waals surface area contributed by atoms with E-state index in [0.29, 0.717) is 16.3 Å². The quantitative estimate of drug-likeness (QED) is 0.730. The third-order valence-corrected chi connectivity index (χ3v) is 2.90. The van der Waals surface area contributed by atoms with E-state index in [1.807, 2.05) is 13.8 Å². The van der Waals surface area contributed by atoms with E-state index in [1.165, 1.54) is 0 Å². The fourth-order valence-corrected chi connectivity index (χ4v) is 1.90. The lowest BCUT2D eigenvalue weighted by Crippen LogP contribution is -2.41. The van der Waals surface area contributed by atoms with E-state index in [-0.39, 0.29) is 16.9 Å². The van der Waals surface area contributed by atoms with E-state index >= 15 is 0 Å². The molecule has 0 radical (unpaired) electrons. The molecular formula is C13H18ClN3OS. The molecule has 6 heteroatoms. The van der Waals surface area contributed by atoms with Crippen LogP contribution in [0, 0.1) is 0 Å². The Morgan fingerprint density at radius 3 is 2.53 bits per heavy atom. The molecule has 0 bridgehead atoms. The maximum atomic E-state index is 11.8. The zero-order chi connectivity index (χ0) is 14.6. The number of carbonyl (C=O) groups is 1. The lowest BCUT2D eigenvalue weighted by atomic mass is 10.1. The van der Waals surface area contributed by atoms with Crippen molar-refractivity contribution in [2.24, 2.45) is 5.73 Å². The molecule has 0 aliphatic heterocycles. The molecule has 1 aromatic rings. The number of anilines is 1. The van der Waals surface area contributed by atoms with Gasteiger partial charge in [-0.2, -0.15) is 0 Å². The SMILES string of the molecule is CC(C)NC(=O)C(C)Nc1ccc(Cl)cc1C(N)=S. The van der Waals surface area contributed by atoms with Crippen molar-refractivity contribution in [3.05, 3.63) is 28.8 Å². The van der Waals surface area contributed by atoms with Gasteiger partial charge in [-0.25, -0.2) is 0 Å². The number of benzene rings is 1. The number of amides is 1. The van der Waals surface area contributed by atoms with Crippen LogP contribution in [0.5, 0.6) is 0 Å². The Morgan fingerprint density at radius 2 is 2.00 bits per heavy atom. The summed E-state index contributed by atoms with van der Waals surface area (Å²) in [6.07, 6.45) is 0. The van der Waals surface area contributed by atoms with Crippen molar-refractivity contribution in [2.45, 2.75) is 32.9 Å². The molecule has 0 saturated carbocycles. The van der Waals surface area contributed by atoms with Gasteiger partial charge in [-0.3, -0.25) is 4.79 Å². The van der Waals surface area contributed by atoms with Crippen molar-refractivity contribution in [3.63, 3.8) is 0 Å². The molecule has 0 spiro atoms. The molecule has 0 saturated heterocycles. The second kappa shape index (κ2) is 6.73. The summed E-state index contributed by atoms with van der Waals surface area (Å²) >= 11 is 10.9. The van der Waals surface area contributed by atoms with E-state index in [0.717, 1.165) is 0 Å². The van der Waals surface area contributed by atoms with Crippen molar-refractivity contribution < 1.29 is 4.79 Å². The Labute approximate surface area is 123 Å². The fourth-order valence-electron chi connectivity index (χ4n) is 1.55. The number of halogens is 1. The van der Waals surface area contributed by atoms with E-state index in [9.17, 15) is 4.79 Å². The topological polar surface area (TPSA) is 67.2 Å². The van der Waals surface area contributed by atoms with Gasteiger partial charge in [0.15, 0.2) is 0 Å². The zero-order valence-electron chi connectivity index (χ0n) is 11.2. The van der Waals surface area contributed by atoms with Crippen LogP contribution in [0.1, 0.15) is 26.3 Å². The average molecular weight is 300 g/mol. The van der Waals surface area contributed by atoms with E-state index in [4.69, 9.17) is 29.6 Å². The Morgan fingerprint density at radius 1 is 1.37 bits per heavy atom. The van der Waals surface area contributed by atoms with Crippen LogP contribution >= 0.6 is 23.8 Å². The van der Waals surface area contributed by atoms with Gasteiger partial charge in [0, 0.05) is 22.3 Å². The monoisotopic (exact) mass is 299 g/mol. The summed E-state index contributed by atoms with van der Waals surface area (Å²) in [5.74, 6) is -0.0844. The predicted molar refractivity (Wildman–Crippen MR) is 83.7 cm³/mol. The first-order valence-electron chi connectivity index (χ1n) is 5.97. The molecule has 0 aliphatic carbocycles. The molecule has 0 heterocycles. The fraction of sp³-hybridized carbons (Fsp3) is 0.385. The molecule has 19 heavy (non-hydrogen) atoms. The number of carbonyl (C=O) groups excluding carboxylic acids is 1. The summed E-state index contributed by atoms with van der Waals surface area (Å²) in [4.78, 5) is 12.1. The highest BCUT2D eigenvalue weighted by atomic mass is 35.5. The Bertz CT molecular complexity index is 491. The molecule has 1 unspecified atom stereocenters. The first kappa shape index (κ1) is 15.7. The first-order valence-corrected chi connectivity index (χ1v) is 6.76. The highest BCUT2D eigenvalue weighted by Gasteiger charge is 2.15. The minimum absolute atomic E-state index is 0.0844. The Kier molecular flexibility index (Phi) is 5.57. The van der Waals surface area contributed by atoms with Gasteiger partial charge in [-0.05, 0) is 39.0 Å². The minimum atomic E-state index is -0.392. The van der Waals surface area contributed by atoms with Crippen LogP contribution in [-0.4, -0.2) is 23.0 Å². The van der Waals surface area contributed by atoms with Crippen molar-refractivity contribution in [2.75, 3.05) is 5.32 Å². The molecule has 1 rings (SSSR count). The Balaban J connectivity index is 2.87. The standard InChI is InChI=1S/C13H18ClN3OS/c1-7(2)16-13(18)8(3)17-11-5-4-9(14)6-10(11)12(15)19/h4-8,17H,1-3H3,(H2,15,19)(H,16,18). The number of hydrogen-bond donors (Lipinski definition) is 3. The second-order valence-electron chi connectivity index (χ2n) is 4.58. The molecule has 1 amide bonds. The molecule has 0 fully saturated rings. The average Bonchev–Trinajstić information content (AvgIpc) is 2.30. The van der Waals surface area contributed by atoms with Gasteiger partial charge in [-0.1, -0.05) is 23.8 Å². The summed E-state index contributed by atoms with van der Waals surface area (Å²) in [5, 5.41) is 6.47. The van der Waals surface area contributed by atoms with Crippen LogP contribution in [0.3, 0.4) is 0 Å². The number of thiocarbonyl (C=S) groups is 1. The molecule has 1 aromatic carbocycles. The molecule has 1 atom stereocenters. The maximum absolute atomic E-state index is 11.8. The molecular weight excluding hydrogens is 282 g/mol. The molecule has 104 valence electrons. The number of rotatable bonds is 5.